The minimum absolute atomic E-state index is 0.0436. The third kappa shape index (κ3) is 20.3. The third-order valence-electron chi connectivity index (χ3n) is 12.1. The molecule has 0 atom stereocenters. The number of nitrogens with zero attached hydrogens (tertiary/aromatic N) is 8. The Bertz CT molecular complexity index is 2510. The van der Waals surface area contributed by atoms with Crippen molar-refractivity contribution in [2.45, 2.75) is 27.7 Å². The van der Waals surface area contributed by atoms with Crippen LogP contribution in [-0.2, 0) is 52.4 Å². The molecule has 0 N–H and O–H groups in total. The molecule has 1 aromatic heterocycles. The van der Waals surface area contributed by atoms with Crippen molar-refractivity contribution in [3.8, 4) is 0 Å². The van der Waals surface area contributed by atoms with Crippen molar-refractivity contribution in [3.63, 3.8) is 0 Å². The molecule has 0 saturated carbocycles. The Morgan fingerprint density at radius 2 is 0.846 bits per heavy atom. The number of carbonyl (C=O) groups is 10. The second-order valence-electron chi connectivity index (χ2n) is 18.0. The van der Waals surface area contributed by atoms with Crippen molar-refractivity contribution in [1.82, 2.24) is 24.5 Å². The number of hydrogen-bond acceptors (Lipinski definition) is 18. The molecule has 1 aromatic carbocycles. The van der Waals surface area contributed by atoms with Gasteiger partial charge >= 0.3 is 17.7 Å². The SMILES string of the molecule is CC(=O)COCCOCCOCCSCC(=O)[N+]1=CCN(C(=O)c2cc(C(=O)N3CCN(C(C)=O)CC3)c(C(=O)N3CCN(C(C)=O)CC3)cc2C(=O)[n+]2cc[n+](C(=O)CSCCOCCOCCOCC(C)=O)cc2)C=C1. The highest BCUT2D eigenvalue weighted by atomic mass is 32.2. The van der Waals surface area contributed by atoms with Crippen LogP contribution >= 0.6 is 23.5 Å². The molecule has 2 fully saturated rings. The second kappa shape index (κ2) is 33.3. The minimum Gasteiger partial charge on any atom is -0.378 e. The van der Waals surface area contributed by atoms with Crippen LogP contribution in [0.15, 0.2) is 49.3 Å². The number of hydrogen-bond donors (Lipinski definition) is 0. The van der Waals surface area contributed by atoms with Gasteiger partial charge in [0.25, 0.3) is 17.7 Å². The van der Waals surface area contributed by atoms with Gasteiger partial charge in [-0.15, -0.1) is 37.2 Å². The van der Waals surface area contributed by atoms with E-state index in [1.165, 1.54) is 131 Å². The zero-order valence-corrected chi connectivity index (χ0v) is 46.4. The largest absolute Gasteiger partial charge is 0.425 e. The van der Waals surface area contributed by atoms with Gasteiger partial charge in [-0.25, -0.2) is 14.4 Å². The highest BCUT2D eigenvalue weighted by molar-refractivity contribution is 8.00. The van der Waals surface area contributed by atoms with E-state index in [4.69, 9.17) is 28.4 Å². The first-order valence-corrected chi connectivity index (χ1v) is 27.9. The smallest absolute Gasteiger partial charge is 0.378 e. The number of ether oxygens (including phenoxy) is 6. The molecule has 78 heavy (non-hydrogen) atoms. The number of rotatable bonds is 30. The van der Waals surface area contributed by atoms with Crippen molar-refractivity contribution in [3.05, 3.63) is 71.6 Å². The topological polar surface area (TPSA) is 253 Å². The number of carbonyl (C=O) groups excluding carboxylic acids is 10. The van der Waals surface area contributed by atoms with Gasteiger partial charge in [-0.3, -0.25) is 38.5 Å². The molecule has 0 aliphatic carbocycles. The zero-order valence-electron chi connectivity index (χ0n) is 44.8. The third-order valence-corrected chi connectivity index (χ3v) is 13.9. The molecule has 26 heteroatoms. The lowest BCUT2D eigenvalue weighted by molar-refractivity contribution is -0.631. The van der Waals surface area contributed by atoms with Crippen LogP contribution in [0.2, 0.25) is 0 Å². The zero-order chi connectivity index (χ0) is 56.4. The van der Waals surface area contributed by atoms with Gasteiger partial charge in [-0.1, -0.05) is 0 Å². The fourth-order valence-corrected chi connectivity index (χ4v) is 9.29. The summed E-state index contributed by atoms with van der Waals surface area (Å²) in [5, 5.41) is 0. The van der Waals surface area contributed by atoms with E-state index in [-0.39, 0.29) is 141 Å². The van der Waals surface area contributed by atoms with Crippen LogP contribution < -0.4 is 9.13 Å². The lowest BCUT2D eigenvalue weighted by Crippen LogP contribution is -2.52. The summed E-state index contributed by atoms with van der Waals surface area (Å²) in [6, 6.07) is 2.50. The van der Waals surface area contributed by atoms with Crippen molar-refractivity contribution in [2.75, 3.05) is 161 Å². The summed E-state index contributed by atoms with van der Waals surface area (Å²) in [5.41, 5.74) is -0.720. The van der Waals surface area contributed by atoms with Crippen LogP contribution in [0, 0.1) is 0 Å². The standard InChI is InChI=1S/C52H71N8O16S2/c1-39(61)35-75-27-25-71-21-23-73-29-31-77-37-47(65)55-9-17-59(18-10-55)51(69)45-33-43(49(67)57-13-5-53(6-14-57)41(3)63)44(50(68)58-15-7-54(8-16-58)42(4)64)34-46(45)52(70)60-19-11-56(12-20-60)48(66)38-78-32-30-74-24-22-72-26-28-76-36-40(2)62/h9-12,17-19,33-34H,5-8,13-16,20-32,35-38H2,1-4H3/q+3. The number of thioether (sulfide) groups is 2. The first-order chi connectivity index (χ1) is 37.5. The molecular formula is C52H71N8O16S2+3. The van der Waals surface area contributed by atoms with Crippen LogP contribution in [0.1, 0.15) is 73.9 Å². The number of benzene rings is 1. The Hall–Kier alpha value is -6.13. The molecule has 0 radical (unpaired) electrons. The van der Waals surface area contributed by atoms with Gasteiger partial charge in [0.05, 0.1) is 89.0 Å². The van der Waals surface area contributed by atoms with Gasteiger partial charge in [0.15, 0.2) is 24.0 Å². The lowest BCUT2D eigenvalue weighted by Gasteiger charge is -2.36. The molecule has 3 aliphatic rings. The molecule has 24 nitrogen and oxygen atoms in total. The molecule has 0 spiro atoms. The van der Waals surface area contributed by atoms with Gasteiger partial charge in [0.2, 0.25) is 36.6 Å². The number of Topliss-reactive ketones (excluding diaryl/α,β-unsaturated/α-hetero) is 2. The van der Waals surface area contributed by atoms with Crippen LogP contribution in [0.3, 0.4) is 0 Å². The molecule has 2 aromatic rings. The van der Waals surface area contributed by atoms with Crippen molar-refractivity contribution < 1.29 is 90.1 Å². The van der Waals surface area contributed by atoms with E-state index in [1.807, 2.05) is 0 Å². The Kier molecular flexibility index (Phi) is 26.8. The average molecular weight is 1130 g/mol. The fraction of sp³-hybridized carbons (Fsp3) is 0.558. The summed E-state index contributed by atoms with van der Waals surface area (Å²) in [6.07, 6.45) is 9.80. The second-order valence-corrected chi connectivity index (χ2v) is 20.2. The molecule has 424 valence electrons. The predicted octanol–water partition coefficient (Wildman–Crippen LogP) is -0.520. The minimum atomic E-state index is -0.757. The van der Waals surface area contributed by atoms with Crippen molar-refractivity contribution in [2.24, 2.45) is 0 Å². The van der Waals surface area contributed by atoms with E-state index in [0.29, 0.717) is 77.6 Å². The van der Waals surface area contributed by atoms with Gasteiger partial charge in [-0.05, 0) is 26.0 Å². The van der Waals surface area contributed by atoms with Gasteiger partial charge in [-0.2, -0.15) is 0 Å². The van der Waals surface area contributed by atoms with Crippen LogP contribution in [0.4, 0.5) is 0 Å². The first kappa shape index (κ1) is 62.7. The van der Waals surface area contributed by atoms with Crippen molar-refractivity contribution >= 4 is 88.6 Å². The predicted molar refractivity (Wildman–Crippen MR) is 282 cm³/mol. The molecular weight excluding hydrogens is 1060 g/mol. The summed E-state index contributed by atoms with van der Waals surface area (Å²) < 4.78 is 36.1. The van der Waals surface area contributed by atoms with Crippen molar-refractivity contribution in [1.29, 1.82) is 0 Å². The van der Waals surface area contributed by atoms with E-state index in [1.54, 1.807) is 9.80 Å². The molecule has 4 heterocycles. The van der Waals surface area contributed by atoms with Crippen LogP contribution in [0.5, 0.6) is 0 Å². The fourth-order valence-electron chi connectivity index (χ4n) is 7.88. The van der Waals surface area contributed by atoms with E-state index < -0.39 is 23.6 Å². The number of amides is 6. The van der Waals surface area contributed by atoms with Crippen LogP contribution in [-0.4, -0.2) is 255 Å². The molecule has 0 unspecified atom stereocenters. The van der Waals surface area contributed by atoms with E-state index >= 15 is 0 Å². The molecule has 2 saturated heterocycles. The number of piperazine rings is 2. The van der Waals surface area contributed by atoms with E-state index in [9.17, 15) is 47.9 Å². The Morgan fingerprint density at radius 3 is 1.27 bits per heavy atom. The Labute approximate surface area is 461 Å². The maximum Gasteiger partial charge on any atom is 0.425 e. The Morgan fingerprint density at radius 1 is 0.462 bits per heavy atom. The average Bonchev–Trinajstić information content (AvgIpc) is 3.61. The quantitative estimate of drug-likeness (QED) is 0.0705. The molecule has 0 bridgehead atoms. The van der Waals surface area contributed by atoms with Crippen LogP contribution in [0.25, 0.3) is 0 Å². The van der Waals surface area contributed by atoms with Gasteiger partial charge in [0, 0.05) is 77.7 Å². The highest BCUT2D eigenvalue weighted by Gasteiger charge is 2.37. The summed E-state index contributed by atoms with van der Waals surface area (Å²) in [7, 11) is 0. The Balaban J connectivity index is 1.30. The highest BCUT2D eigenvalue weighted by Crippen LogP contribution is 2.25. The molecule has 6 amide bonds. The van der Waals surface area contributed by atoms with Gasteiger partial charge < -0.3 is 48.0 Å². The van der Waals surface area contributed by atoms with E-state index in [0.717, 1.165) is 4.57 Å². The summed E-state index contributed by atoms with van der Waals surface area (Å²) >= 11 is 2.71. The lowest BCUT2D eigenvalue weighted by atomic mass is 9.94. The molecule has 3 aliphatic heterocycles. The maximum absolute atomic E-state index is 14.8. The maximum atomic E-state index is 14.8. The van der Waals surface area contributed by atoms with Gasteiger partial charge in [0.1, 0.15) is 36.8 Å². The number of aromatic nitrogens is 2. The monoisotopic (exact) mass is 1130 g/mol. The molecule has 5 rings (SSSR count). The number of ketones is 2. The summed E-state index contributed by atoms with van der Waals surface area (Å²) in [6.45, 7) is 10.7. The summed E-state index contributed by atoms with van der Waals surface area (Å²) in [4.78, 5) is 139. The normalized spacial score (nSPS) is 14.6. The van der Waals surface area contributed by atoms with E-state index in [2.05, 4.69) is 0 Å². The summed E-state index contributed by atoms with van der Waals surface area (Å²) in [5.74, 6) is -2.38. The first-order valence-electron chi connectivity index (χ1n) is 25.6.